The summed E-state index contributed by atoms with van der Waals surface area (Å²) in [6.07, 6.45) is 8.48. The number of hydrogen-bond donors (Lipinski definition) is 2. The Kier molecular flexibility index (Phi) is 5.71. The van der Waals surface area contributed by atoms with E-state index in [4.69, 9.17) is 4.42 Å². The second-order valence-corrected chi connectivity index (χ2v) is 7.70. The van der Waals surface area contributed by atoms with Gasteiger partial charge >= 0.3 is 0 Å². The van der Waals surface area contributed by atoms with Crippen LogP contribution >= 0.6 is 15.9 Å². The van der Waals surface area contributed by atoms with Gasteiger partial charge in [-0.15, -0.1) is 0 Å². The number of anilines is 1. The van der Waals surface area contributed by atoms with Crippen LogP contribution in [0.2, 0.25) is 0 Å². The fourth-order valence-electron chi connectivity index (χ4n) is 3.34. The number of carbonyl (C=O) groups is 2. The number of furan rings is 1. The summed E-state index contributed by atoms with van der Waals surface area (Å²) in [5, 5.41) is 7.13. The molecule has 0 bridgehead atoms. The van der Waals surface area contributed by atoms with Crippen molar-refractivity contribution in [2.24, 2.45) is 5.10 Å². The molecule has 0 spiro atoms. The first kappa shape index (κ1) is 20.0. The molecule has 0 saturated heterocycles. The van der Waals surface area contributed by atoms with Gasteiger partial charge in [0.25, 0.3) is 11.8 Å². The van der Waals surface area contributed by atoms with E-state index < -0.39 is 0 Å². The third kappa shape index (κ3) is 4.16. The van der Waals surface area contributed by atoms with E-state index in [9.17, 15) is 9.59 Å². The van der Waals surface area contributed by atoms with Gasteiger partial charge in [0.05, 0.1) is 11.3 Å². The largest absolute Gasteiger partial charge is 0.455 e. The SMILES string of the molecule is Cc1c(C(=O)Nc2ccncc2)oc2c1/C(=N/NC(=O)c1cncc(Br)c1)CCC2. The molecule has 9 heteroatoms. The number of carbonyl (C=O) groups excluding carboxylic acids is 2. The fraction of sp³-hybridized carbons (Fsp3) is 0.190. The van der Waals surface area contributed by atoms with Crippen molar-refractivity contribution in [1.29, 1.82) is 0 Å². The molecule has 0 aliphatic heterocycles. The van der Waals surface area contributed by atoms with Crippen molar-refractivity contribution in [2.75, 3.05) is 5.32 Å². The molecule has 0 radical (unpaired) electrons. The molecule has 2 amide bonds. The minimum absolute atomic E-state index is 0.244. The number of halogens is 1. The number of nitrogens with one attached hydrogen (secondary N) is 2. The van der Waals surface area contributed by atoms with Crippen LogP contribution in [0.15, 0.2) is 57.0 Å². The molecule has 3 aromatic rings. The van der Waals surface area contributed by atoms with Crippen LogP contribution < -0.4 is 10.7 Å². The van der Waals surface area contributed by atoms with Crippen LogP contribution in [0.25, 0.3) is 0 Å². The minimum Gasteiger partial charge on any atom is -0.455 e. The lowest BCUT2D eigenvalue weighted by atomic mass is 9.93. The molecule has 8 nitrogen and oxygen atoms in total. The maximum atomic E-state index is 12.7. The number of pyridine rings is 2. The normalized spacial score (nSPS) is 14.3. The molecule has 30 heavy (non-hydrogen) atoms. The fourth-order valence-corrected chi connectivity index (χ4v) is 3.70. The number of hydrogen-bond acceptors (Lipinski definition) is 6. The monoisotopic (exact) mass is 467 g/mol. The van der Waals surface area contributed by atoms with Gasteiger partial charge in [0.2, 0.25) is 0 Å². The van der Waals surface area contributed by atoms with Gasteiger partial charge in [0.15, 0.2) is 5.76 Å². The predicted molar refractivity (Wildman–Crippen MR) is 115 cm³/mol. The van der Waals surface area contributed by atoms with E-state index in [0.717, 1.165) is 12.0 Å². The number of amides is 2. The minimum atomic E-state index is -0.361. The second kappa shape index (κ2) is 8.58. The van der Waals surface area contributed by atoms with Crippen molar-refractivity contribution in [3.8, 4) is 0 Å². The summed E-state index contributed by atoms with van der Waals surface area (Å²) >= 11 is 3.30. The molecule has 3 aromatic heterocycles. The Hall–Kier alpha value is -3.33. The summed E-state index contributed by atoms with van der Waals surface area (Å²) in [6.45, 7) is 1.82. The zero-order valence-corrected chi connectivity index (χ0v) is 17.7. The Bertz CT molecular complexity index is 1140. The number of aryl methyl sites for hydroxylation is 1. The van der Waals surface area contributed by atoms with E-state index in [0.29, 0.717) is 45.6 Å². The maximum Gasteiger partial charge on any atom is 0.291 e. The summed E-state index contributed by atoms with van der Waals surface area (Å²) in [5.41, 5.74) is 5.79. The summed E-state index contributed by atoms with van der Waals surface area (Å²) in [6, 6.07) is 5.07. The number of fused-ring (bicyclic) bond motifs is 1. The molecule has 2 N–H and O–H groups in total. The Morgan fingerprint density at radius 2 is 1.93 bits per heavy atom. The van der Waals surface area contributed by atoms with Crippen molar-refractivity contribution >= 4 is 39.1 Å². The highest BCUT2D eigenvalue weighted by molar-refractivity contribution is 9.10. The molecule has 1 aliphatic rings. The Balaban J connectivity index is 1.57. The van der Waals surface area contributed by atoms with Crippen molar-refractivity contribution in [3.05, 3.63) is 75.7 Å². The predicted octanol–water partition coefficient (Wildman–Crippen LogP) is 3.86. The summed E-state index contributed by atoms with van der Waals surface area (Å²) < 4.78 is 6.58. The van der Waals surface area contributed by atoms with Crippen molar-refractivity contribution in [3.63, 3.8) is 0 Å². The van der Waals surface area contributed by atoms with Crippen LogP contribution in [0.3, 0.4) is 0 Å². The topological polar surface area (TPSA) is 109 Å². The van der Waals surface area contributed by atoms with Gasteiger partial charge in [-0.3, -0.25) is 19.6 Å². The molecule has 1 aliphatic carbocycles. The van der Waals surface area contributed by atoms with Crippen molar-refractivity contribution in [1.82, 2.24) is 15.4 Å². The lowest BCUT2D eigenvalue weighted by Crippen LogP contribution is -2.22. The smallest absolute Gasteiger partial charge is 0.291 e. The molecule has 152 valence electrons. The highest BCUT2D eigenvalue weighted by atomic mass is 79.9. The van der Waals surface area contributed by atoms with Gasteiger partial charge < -0.3 is 9.73 Å². The molecule has 0 fully saturated rings. The summed E-state index contributed by atoms with van der Waals surface area (Å²) in [5.74, 6) is 0.251. The van der Waals surface area contributed by atoms with Crippen LogP contribution in [-0.2, 0) is 6.42 Å². The van der Waals surface area contributed by atoms with E-state index >= 15 is 0 Å². The van der Waals surface area contributed by atoms with E-state index in [1.54, 1.807) is 36.8 Å². The van der Waals surface area contributed by atoms with E-state index in [-0.39, 0.29) is 17.6 Å². The Labute approximate surface area is 180 Å². The summed E-state index contributed by atoms with van der Waals surface area (Å²) in [4.78, 5) is 33.0. The average molecular weight is 468 g/mol. The Morgan fingerprint density at radius 1 is 1.13 bits per heavy atom. The molecular formula is C21H18BrN5O3. The third-order valence-electron chi connectivity index (χ3n) is 4.73. The second-order valence-electron chi connectivity index (χ2n) is 6.79. The Morgan fingerprint density at radius 3 is 2.70 bits per heavy atom. The zero-order chi connectivity index (χ0) is 21.1. The van der Waals surface area contributed by atoms with E-state index in [1.807, 2.05) is 6.92 Å². The zero-order valence-electron chi connectivity index (χ0n) is 16.1. The first-order valence-corrected chi connectivity index (χ1v) is 10.1. The molecule has 0 atom stereocenters. The molecule has 4 rings (SSSR count). The molecule has 0 unspecified atom stereocenters. The van der Waals surface area contributed by atoms with Crippen LogP contribution in [-0.4, -0.2) is 27.5 Å². The average Bonchev–Trinajstić information content (AvgIpc) is 3.10. The first-order chi connectivity index (χ1) is 14.5. The van der Waals surface area contributed by atoms with Gasteiger partial charge in [-0.25, -0.2) is 5.43 Å². The number of aromatic nitrogens is 2. The van der Waals surface area contributed by atoms with E-state index in [2.05, 4.69) is 41.7 Å². The lowest BCUT2D eigenvalue weighted by Gasteiger charge is -2.13. The number of rotatable bonds is 4. The highest BCUT2D eigenvalue weighted by Gasteiger charge is 2.28. The lowest BCUT2D eigenvalue weighted by molar-refractivity contribution is 0.0953. The number of nitrogens with zero attached hydrogens (tertiary/aromatic N) is 3. The molecule has 0 saturated carbocycles. The maximum absolute atomic E-state index is 12.7. The molecule has 0 aromatic carbocycles. The van der Waals surface area contributed by atoms with Crippen LogP contribution in [0, 0.1) is 6.92 Å². The van der Waals surface area contributed by atoms with Gasteiger partial charge in [0.1, 0.15) is 5.76 Å². The van der Waals surface area contributed by atoms with Gasteiger partial charge in [-0.2, -0.15) is 5.10 Å². The quantitative estimate of drug-likeness (QED) is 0.566. The van der Waals surface area contributed by atoms with Crippen molar-refractivity contribution < 1.29 is 14.0 Å². The van der Waals surface area contributed by atoms with Gasteiger partial charge in [-0.05, 0) is 53.9 Å². The molecule has 3 heterocycles. The first-order valence-electron chi connectivity index (χ1n) is 9.34. The summed E-state index contributed by atoms with van der Waals surface area (Å²) in [7, 11) is 0. The van der Waals surface area contributed by atoms with Crippen LogP contribution in [0.5, 0.6) is 0 Å². The highest BCUT2D eigenvalue weighted by Crippen LogP contribution is 2.30. The van der Waals surface area contributed by atoms with Gasteiger partial charge in [-0.1, -0.05) is 0 Å². The van der Waals surface area contributed by atoms with Crippen LogP contribution in [0.1, 0.15) is 50.6 Å². The number of hydrazone groups is 1. The van der Waals surface area contributed by atoms with Crippen LogP contribution in [0.4, 0.5) is 5.69 Å². The molecular weight excluding hydrogens is 450 g/mol. The van der Waals surface area contributed by atoms with Crippen molar-refractivity contribution in [2.45, 2.75) is 26.2 Å². The van der Waals surface area contributed by atoms with Gasteiger partial charge in [0, 0.05) is 52.5 Å². The van der Waals surface area contributed by atoms with E-state index in [1.165, 1.54) is 6.20 Å². The standard InChI is InChI=1S/C21H18BrN5O3/c1-12-18-16(26-27-20(28)13-9-14(22)11-24-10-13)3-2-4-17(18)30-19(12)21(29)25-15-5-7-23-8-6-15/h5-11H,2-4H2,1H3,(H,27,28)(H,23,25,29)/b26-16+. The third-order valence-corrected chi connectivity index (χ3v) is 5.16.